The molecule has 0 saturated heterocycles. The normalized spacial score (nSPS) is 12.7. The predicted molar refractivity (Wildman–Crippen MR) is 73.0 cm³/mol. The number of carbonyl (C=O) groups excluding carboxylic acids is 1. The van der Waals surface area contributed by atoms with Gasteiger partial charge in [0.05, 0.1) is 4.90 Å². The number of carbonyl (C=O) groups is 2. The molecule has 0 spiro atoms. The molecule has 20 heavy (non-hydrogen) atoms. The lowest BCUT2D eigenvalue weighted by atomic mass is 10.2. The molecule has 0 aliphatic carbocycles. The third-order valence-electron chi connectivity index (χ3n) is 2.57. The summed E-state index contributed by atoms with van der Waals surface area (Å²) in [6.07, 6.45) is 1.29. The van der Waals surface area contributed by atoms with E-state index in [9.17, 15) is 18.0 Å². The molecule has 1 rings (SSSR count). The van der Waals surface area contributed by atoms with Crippen LogP contribution in [0.15, 0.2) is 41.8 Å². The Bertz CT molecular complexity index is 619. The number of hydrogen-bond donors (Lipinski definition) is 2. The molecule has 1 aromatic rings. The van der Waals surface area contributed by atoms with Crippen LogP contribution in [0.3, 0.4) is 0 Å². The zero-order valence-electron chi connectivity index (χ0n) is 10.9. The Morgan fingerprint density at radius 1 is 1.35 bits per heavy atom. The van der Waals surface area contributed by atoms with Gasteiger partial charge in [-0.1, -0.05) is 18.2 Å². The standard InChI is InChI=1S/C13H15NO5S/c1-3-4-12(13(16)17)14-20(18,19)11-7-5-10(6-8-11)9(2)15/h3,5-8,12,14H,1,4H2,2H3,(H,16,17)/t12-/m0/s1. The van der Waals surface area contributed by atoms with Crippen molar-refractivity contribution >= 4 is 21.8 Å². The minimum Gasteiger partial charge on any atom is -0.480 e. The van der Waals surface area contributed by atoms with Gasteiger partial charge in [-0.2, -0.15) is 4.72 Å². The zero-order valence-corrected chi connectivity index (χ0v) is 11.7. The van der Waals surface area contributed by atoms with Crippen LogP contribution in [0.4, 0.5) is 0 Å². The predicted octanol–water partition coefficient (Wildman–Crippen LogP) is 1.20. The second-order valence-corrected chi connectivity index (χ2v) is 5.83. The summed E-state index contributed by atoms with van der Waals surface area (Å²) in [4.78, 5) is 21.9. The van der Waals surface area contributed by atoms with Crippen molar-refractivity contribution in [3.8, 4) is 0 Å². The maximum Gasteiger partial charge on any atom is 0.322 e. The fourth-order valence-electron chi connectivity index (χ4n) is 1.49. The van der Waals surface area contributed by atoms with Crippen molar-refractivity contribution in [2.24, 2.45) is 0 Å². The van der Waals surface area contributed by atoms with E-state index in [0.717, 1.165) is 0 Å². The Morgan fingerprint density at radius 3 is 2.30 bits per heavy atom. The van der Waals surface area contributed by atoms with Crippen molar-refractivity contribution in [2.45, 2.75) is 24.3 Å². The van der Waals surface area contributed by atoms with Crippen molar-refractivity contribution in [2.75, 3.05) is 0 Å². The van der Waals surface area contributed by atoms with Crippen LogP contribution in [0.25, 0.3) is 0 Å². The molecule has 7 heteroatoms. The van der Waals surface area contributed by atoms with E-state index in [1.807, 2.05) is 0 Å². The lowest BCUT2D eigenvalue weighted by molar-refractivity contribution is -0.138. The van der Waals surface area contributed by atoms with Crippen LogP contribution in [0.5, 0.6) is 0 Å². The minimum atomic E-state index is -3.96. The molecular formula is C13H15NO5S. The number of ketones is 1. The quantitative estimate of drug-likeness (QED) is 0.581. The Balaban J connectivity index is 3.00. The molecule has 1 atom stereocenters. The van der Waals surface area contributed by atoms with Crippen LogP contribution >= 0.6 is 0 Å². The van der Waals surface area contributed by atoms with E-state index >= 15 is 0 Å². The summed E-state index contributed by atoms with van der Waals surface area (Å²) in [7, 11) is -3.96. The van der Waals surface area contributed by atoms with E-state index in [-0.39, 0.29) is 17.1 Å². The van der Waals surface area contributed by atoms with Gasteiger partial charge in [-0.3, -0.25) is 9.59 Å². The molecule has 0 aliphatic heterocycles. The molecule has 6 nitrogen and oxygen atoms in total. The highest BCUT2D eigenvalue weighted by Crippen LogP contribution is 2.12. The number of benzene rings is 1. The second kappa shape index (κ2) is 6.44. The molecule has 0 unspecified atom stereocenters. The van der Waals surface area contributed by atoms with Gasteiger partial charge in [0.2, 0.25) is 10.0 Å². The van der Waals surface area contributed by atoms with Gasteiger partial charge in [0.1, 0.15) is 6.04 Å². The number of hydrogen-bond acceptors (Lipinski definition) is 4. The third-order valence-corrected chi connectivity index (χ3v) is 4.06. The summed E-state index contributed by atoms with van der Waals surface area (Å²) in [5, 5.41) is 8.91. The number of carboxylic acid groups (broad SMARTS) is 1. The number of carboxylic acids is 1. The molecule has 0 heterocycles. The molecular weight excluding hydrogens is 282 g/mol. The smallest absolute Gasteiger partial charge is 0.322 e. The first-order chi connectivity index (χ1) is 9.27. The van der Waals surface area contributed by atoms with Crippen molar-refractivity contribution in [3.05, 3.63) is 42.5 Å². The molecule has 0 bridgehead atoms. The van der Waals surface area contributed by atoms with Crippen LogP contribution < -0.4 is 4.72 Å². The molecule has 108 valence electrons. The lowest BCUT2D eigenvalue weighted by Crippen LogP contribution is -2.40. The Hall–Kier alpha value is -1.99. The fraction of sp³-hybridized carbons (Fsp3) is 0.231. The second-order valence-electron chi connectivity index (χ2n) is 4.12. The highest BCUT2D eigenvalue weighted by Gasteiger charge is 2.24. The van der Waals surface area contributed by atoms with Crippen LogP contribution in [-0.2, 0) is 14.8 Å². The molecule has 0 saturated carbocycles. The van der Waals surface area contributed by atoms with Crippen LogP contribution in [-0.4, -0.2) is 31.3 Å². The molecule has 0 amide bonds. The maximum atomic E-state index is 12.0. The number of aliphatic carboxylic acids is 1. The highest BCUT2D eigenvalue weighted by molar-refractivity contribution is 7.89. The van der Waals surface area contributed by atoms with Crippen LogP contribution in [0.2, 0.25) is 0 Å². The average Bonchev–Trinajstić information content (AvgIpc) is 2.38. The van der Waals surface area contributed by atoms with Crippen LogP contribution in [0, 0.1) is 0 Å². The van der Waals surface area contributed by atoms with Crippen molar-refractivity contribution < 1.29 is 23.1 Å². The Morgan fingerprint density at radius 2 is 1.90 bits per heavy atom. The van der Waals surface area contributed by atoms with Gasteiger partial charge in [-0.15, -0.1) is 6.58 Å². The fourth-order valence-corrected chi connectivity index (χ4v) is 2.69. The van der Waals surface area contributed by atoms with E-state index in [2.05, 4.69) is 11.3 Å². The maximum absolute atomic E-state index is 12.0. The monoisotopic (exact) mass is 297 g/mol. The van der Waals surface area contributed by atoms with E-state index in [1.54, 1.807) is 0 Å². The largest absolute Gasteiger partial charge is 0.480 e. The van der Waals surface area contributed by atoms with E-state index in [4.69, 9.17) is 5.11 Å². The first-order valence-corrected chi connectivity index (χ1v) is 7.23. The van der Waals surface area contributed by atoms with Gasteiger partial charge < -0.3 is 5.11 Å². The van der Waals surface area contributed by atoms with E-state index in [0.29, 0.717) is 5.56 Å². The molecule has 0 radical (unpaired) electrons. The summed E-state index contributed by atoms with van der Waals surface area (Å²) in [6, 6.07) is 3.99. The van der Waals surface area contributed by atoms with Gasteiger partial charge in [0, 0.05) is 5.56 Å². The number of sulfonamides is 1. The minimum absolute atomic E-state index is 0.0277. The van der Waals surface area contributed by atoms with Crippen molar-refractivity contribution in [1.82, 2.24) is 4.72 Å². The zero-order chi connectivity index (χ0) is 15.3. The molecule has 2 N–H and O–H groups in total. The molecule has 1 aromatic carbocycles. The van der Waals surface area contributed by atoms with Crippen molar-refractivity contribution in [1.29, 1.82) is 0 Å². The Kier molecular flexibility index (Phi) is 5.18. The number of rotatable bonds is 7. The van der Waals surface area contributed by atoms with Gasteiger partial charge >= 0.3 is 5.97 Å². The summed E-state index contributed by atoms with van der Waals surface area (Å²) in [5.41, 5.74) is 0.379. The van der Waals surface area contributed by atoms with Gasteiger partial charge in [0.15, 0.2) is 5.78 Å². The summed E-state index contributed by atoms with van der Waals surface area (Å²) in [6.45, 7) is 4.75. The summed E-state index contributed by atoms with van der Waals surface area (Å²) >= 11 is 0. The average molecular weight is 297 g/mol. The molecule has 0 fully saturated rings. The number of Topliss-reactive ketones (excluding diaryl/α,β-unsaturated/α-hetero) is 1. The lowest BCUT2D eigenvalue weighted by Gasteiger charge is -2.13. The van der Waals surface area contributed by atoms with Crippen molar-refractivity contribution in [3.63, 3.8) is 0 Å². The van der Waals surface area contributed by atoms with E-state index in [1.165, 1.54) is 37.3 Å². The first kappa shape index (κ1) is 16.1. The topological polar surface area (TPSA) is 101 Å². The van der Waals surface area contributed by atoms with Gasteiger partial charge in [0.25, 0.3) is 0 Å². The molecule has 0 aliphatic rings. The third kappa shape index (κ3) is 4.01. The molecule has 0 aromatic heterocycles. The van der Waals surface area contributed by atoms with Gasteiger partial charge in [-0.05, 0) is 25.5 Å². The highest BCUT2D eigenvalue weighted by atomic mass is 32.2. The summed E-state index contributed by atoms with van der Waals surface area (Å²) < 4.78 is 26.1. The number of nitrogens with one attached hydrogen (secondary N) is 1. The van der Waals surface area contributed by atoms with E-state index < -0.39 is 22.0 Å². The van der Waals surface area contributed by atoms with Crippen LogP contribution in [0.1, 0.15) is 23.7 Å². The summed E-state index contributed by atoms with van der Waals surface area (Å²) in [5.74, 6) is -1.47. The first-order valence-electron chi connectivity index (χ1n) is 5.75. The van der Waals surface area contributed by atoms with Gasteiger partial charge in [-0.25, -0.2) is 8.42 Å². The Labute approximate surface area is 117 Å². The SMILES string of the molecule is C=CC[C@H](NS(=O)(=O)c1ccc(C(C)=O)cc1)C(=O)O.